The molecule has 2 aliphatic rings. The molecule has 35 heavy (non-hydrogen) atoms. The van der Waals surface area contributed by atoms with Gasteiger partial charge in [-0.3, -0.25) is 14.6 Å². The fraction of sp³-hybridized carbons (Fsp3) is 0.333. The van der Waals surface area contributed by atoms with E-state index in [0.717, 1.165) is 41.1 Å². The van der Waals surface area contributed by atoms with Gasteiger partial charge in [-0.15, -0.1) is 0 Å². The van der Waals surface area contributed by atoms with Crippen LogP contribution in [0, 0.1) is 0 Å². The third kappa shape index (κ3) is 4.38. The van der Waals surface area contributed by atoms with Gasteiger partial charge in [0.15, 0.2) is 6.10 Å². The molecule has 5 rings (SSSR count). The summed E-state index contributed by atoms with van der Waals surface area (Å²) in [7, 11) is 0. The summed E-state index contributed by atoms with van der Waals surface area (Å²) in [6.07, 6.45) is -0.996. The fourth-order valence-electron chi connectivity index (χ4n) is 4.50. The first-order chi connectivity index (χ1) is 16.6. The summed E-state index contributed by atoms with van der Waals surface area (Å²) in [5.74, 6) is -0.206. The molecule has 0 unspecified atom stereocenters. The lowest BCUT2D eigenvalue weighted by molar-refractivity contribution is -0.142. The van der Waals surface area contributed by atoms with Crippen LogP contribution in [0.5, 0.6) is 0 Å². The van der Waals surface area contributed by atoms with Crippen molar-refractivity contribution in [3.8, 4) is 0 Å². The van der Waals surface area contributed by atoms with Crippen molar-refractivity contribution >= 4 is 21.8 Å². The molecule has 0 saturated heterocycles. The summed E-state index contributed by atoms with van der Waals surface area (Å²) >= 11 is 3.42. The van der Waals surface area contributed by atoms with Crippen LogP contribution in [-0.4, -0.2) is 37.4 Å². The smallest absolute Gasteiger partial charge is 0.378 e. The number of halogens is 4. The Morgan fingerprint density at radius 1 is 1.23 bits per heavy atom. The Kier molecular flexibility index (Phi) is 5.79. The number of carbonyl (C=O) groups is 1. The number of H-pyrrole nitrogens is 1. The summed E-state index contributed by atoms with van der Waals surface area (Å²) in [6.45, 7) is 0.0986. The molecule has 3 heterocycles. The normalized spacial score (nSPS) is 17.6. The zero-order valence-electron chi connectivity index (χ0n) is 18.3. The van der Waals surface area contributed by atoms with E-state index in [1.807, 2.05) is 6.07 Å². The Balaban J connectivity index is 1.38. The molecule has 0 radical (unpaired) electrons. The summed E-state index contributed by atoms with van der Waals surface area (Å²) in [5.41, 5.74) is -0.0390. The number of benzene rings is 1. The minimum absolute atomic E-state index is 0.0851. The number of aromatic amines is 1. The van der Waals surface area contributed by atoms with Gasteiger partial charge in [-0.1, -0.05) is 12.1 Å². The molecule has 2 aromatic heterocycles. The Morgan fingerprint density at radius 2 is 2.00 bits per heavy atom. The molecule has 1 fully saturated rings. The summed E-state index contributed by atoms with van der Waals surface area (Å²) < 4.78 is 39.9. The van der Waals surface area contributed by atoms with Crippen LogP contribution < -0.4 is 5.56 Å². The number of nitrogens with zero attached hydrogens (tertiary/aromatic N) is 3. The number of alkyl halides is 3. The van der Waals surface area contributed by atoms with Gasteiger partial charge < -0.3 is 15.0 Å². The Hall–Kier alpha value is -3.05. The number of aliphatic hydroxyl groups is 1. The van der Waals surface area contributed by atoms with Crippen molar-refractivity contribution in [3.63, 3.8) is 0 Å². The lowest BCUT2D eigenvalue weighted by atomic mass is 9.95. The number of pyridine rings is 1. The second-order valence-corrected chi connectivity index (χ2v) is 9.76. The Morgan fingerprint density at radius 3 is 2.69 bits per heavy atom. The fourth-order valence-corrected chi connectivity index (χ4v) is 4.87. The van der Waals surface area contributed by atoms with E-state index < -0.39 is 29.2 Å². The van der Waals surface area contributed by atoms with Crippen molar-refractivity contribution in [2.24, 2.45) is 0 Å². The maximum atomic E-state index is 13.0. The van der Waals surface area contributed by atoms with Crippen molar-refractivity contribution in [2.75, 3.05) is 6.54 Å². The topological polar surface area (TPSA) is 99.2 Å². The van der Waals surface area contributed by atoms with E-state index in [2.05, 4.69) is 25.9 Å². The van der Waals surface area contributed by atoms with Gasteiger partial charge in [-0.2, -0.15) is 13.2 Å². The van der Waals surface area contributed by atoms with Gasteiger partial charge in [0.25, 0.3) is 11.5 Å². The highest BCUT2D eigenvalue weighted by Crippen LogP contribution is 2.52. The first kappa shape index (κ1) is 23.7. The predicted octanol–water partition coefficient (Wildman–Crippen LogP) is 3.64. The number of fused-ring (bicyclic) bond motifs is 1. The molecule has 3 aromatic rings. The number of amides is 1. The highest BCUT2D eigenvalue weighted by Gasteiger charge is 2.49. The number of hydrogen-bond acceptors (Lipinski definition) is 5. The van der Waals surface area contributed by atoms with Gasteiger partial charge in [0.05, 0.1) is 28.8 Å². The van der Waals surface area contributed by atoms with Crippen molar-refractivity contribution in [1.29, 1.82) is 0 Å². The average Bonchev–Trinajstić information content (AvgIpc) is 3.65. The van der Waals surface area contributed by atoms with Gasteiger partial charge in [0.1, 0.15) is 5.82 Å². The molecule has 1 aromatic carbocycles. The number of aromatic nitrogens is 3. The molecule has 1 aliphatic carbocycles. The van der Waals surface area contributed by atoms with E-state index in [0.29, 0.717) is 23.5 Å². The number of hydrogen-bond donors (Lipinski definition) is 2. The molecular formula is C24H20BrF3N4O3. The van der Waals surface area contributed by atoms with Crippen LogP contribution in [0.4, 0.5) is 13.2 Å². The minimum Gasteiger partial charge on any atom is -0.378 e. The van der Waals surface area contributed by atoms with E-state index in [-0.39, 0.29) is 24.2 Å². The standard InChI is InChI=1S/C24H20BrF3N4O3/c25-16-9-15(10-29-11-16)23(5-6-23)22-30-18-4-7-32(12-17(18)20(34)31-22)21(35)19(33)13-2-1-3-14(8-13)24(26,27)28/h1-3,8-11,19,33H,4-7,12H2,(H,30,31,34)/t19-/m1/s1. The third-order valence-electron chi connectivity index (χ3n) is 6.60. The van der Waals surface area contributed by atoms with E-state index in [9.17, 15) is 27.9 Å². The van der Waals surface area contributed by atoms with Crippen molar-refractivity contribution in [2.45, 2.75) is 43.5 Å². The summed E-state index contributed by atoms with van der Waals surface area (Å²) in [4.78, 5) is 38.9. The second-order valence-electron chi connectivity index (χ2n) is 8.85. The molecule has 182 valence electrons. The summed E-state index contributed by atoms with van der Waals surface area (Å²) in [6, 6.07) is 5.99. The van der Waals surface area contributed by atoms with Gasteiger partial charge >= 0.3 is 6.18 Å². The average molecular weight is 549 g/mol. The zero-order chi connectivity index (χ0) is 25.0. The number of aliphatic hydroxyl groups excluding tert-OH is 1. The van der Waals surface area contributed by atoms with Crippen molar-refractivity contribution < 1.29 is 23.1 Å². The van der Waals surface area contributed by atoms with E-state index in [1.54, 1.807) is 12.4 Å². The molecular weight excluding hydrogens is 529 g/mol. The van der Waals surface area contributed by atoms with Crippen LogP contribution in [0.1, 0.15) is 52.7 Å². The minimum atomic E-state index is -4.59. The molecule has 0 spiro atoms. The predicted molar refractivity (Wildman–Crippen MR) is 122 cm³/mol. The molecule has 11 heteroatoms. The monoisotopic (exact) mass is 548 g/mol. The lowest BCUT2D eigenvalue weighted by Crippen LogP contribution is -2.42. The molecule has 1 aliphatic heterocycles. The number of rotatable bonds is 4. The van der Waals surface area contributed by atoms with Gasteiger partial charge in [-0.25, -0.2) is 4.98 Å². The molecule has 2 N–H and O–H groups in total. The number of carbonyl (C=O) groups excluding carboxylic acids is 1. The highest BCUT2D eigenvalue weighted by molar-refractivity contribution is 9.10. The molecule has 7 nitrogen and oxygen atoms in total. The van der Waals surface area contributed by atoms with Crippen LogP contribution >= 0.6 is 15.9 Å². The first-order valence-corrected chi connectivity index (χ1v) is 11.8. The van der Waals surface area contributed by atoms with Gasteiger partial charge in [0, 0.05) is 29.8 Å². The Labute approximate surface area is 206 Å². The maximum absolute atomic E-state index is 13.0. The molecule has 1 amide bonds. The molecule has 1 saturated carbocycles. The van der Waals surface area contributed by atoms with Crippen LogP contribution in [-0.2, 0) is 29.4 Å². The van der Waals surface area contributed by atoms with Gasteiger partial charge in [-0.05, 0) is 58.1 Å². The van der Waals surface area contributed by atoms with Crippen LogP contribution in [0.3, 0.4) is 0 Å². The van der Waals surface area contributed by atoms with Crippen molar-refractivity contribution in [1.82, 2.24) is 19.9 Å². The Bertz CT molecular complexity index is 1370. The molecule has 0 bridgehead atoms. The van der Waals surface area contributed by atoms with E-state index in [1.165, 1.54) is 11.0 Å². The third-order valence-corrected chi connectivity index (χ3v) is 7.04. The van der Waals surface area contributed by atoms with Crippen LogP contribution in [0.15, 0.2) is 52.0 Å². The number of nitrogens with one attached hydrogen (secondary N) is 1. The van der Waals surface area contributed by atoms with E-state index in [4.69, 9.17) is 4.98 Å². The SMILES string of the molecule is O=C([C@H](O)c1cccc(C(F)(F)F)c1)N1CCc2nc(C3(c4cncc(Br)c4)CC3)[nH]c(=O)c2C1. The van der Waals surface area contributed by atoms with Crippen molar-refractivity contribution in [3.05, 3.63) is 91.3 Å². The van der Waals surface area contributed by atoms with Gasteiger partial charge in [0.2, 0.25) is 0 Å². The maximum Gasteiger partial charge on any atom is 0.416 e. The second kappa shape index (κ2) is 8.56. The summed E-state index contributed by atoms with van der Waals surface area (Å²) in [5, 5.41) is 10.5. The quantitative estimate of drug-likeness (QED) is 0.518. The largest absolute Gasteiger partial charge is 0.416 e. The van der Waals surface area contributed by atoms with Crippen LogP contribution in [0.2, 0.25) is 0 Å². The first-order valence-electron chi connectivity index (χ1n) is 11.0. The highest BCUT2D eigenvalue weighted by atomic mass is 79.9. The van der Waals surface area contributed by atoms with E-state index >= 15 is 0 Å². The zero-order valence-corrected chi connectivity index (χ0v) is 19.9. The lowest BCUT2D eigenvalue weighted by Gasteiger charge is -2.30. The molecule has 1 atom stereocenters. The van der Waals surface area contributed by atoms with Crippen LogP contribution in [0.25, 0.3) is 0 Å².